The SMILES string of the molecule is CCCn1c(=O)n(Cc2ccc(F)cc2)c(=O)c2c1nc(OC)n2C. The topological polar surface area (TPSA) is 71.1 Å². The molecule has 132 valence electrons. The first-order chi connectivity index (χ1) is 12.0. The lowest BCUT2D eigenvalue weighted by Gasteiger charge is -2.11. The second-order valence-electron chi connectivity index (χ2n) is 5.78. The summed E-state index contributed by atoms with van der Waals surface area (Å²) in [5, 5.41) is 0. The first-order valence-electron chi connectivity index (χ1n) is 7.96. The fourth-order valence-corrected chi connectivity index (χ4v) is 2.86. The smallest absolute Gasteiger partial charge is 0.333 e. The van der Waals surface area contributed by atoms with Crippen LogP contribution in [0.15, 0.2) is 33.9 Å². The van der Waals surface area contributed by atoms with Crippen LogP contribution in [0.2, 0.25) is 0 Å². The number of nitrogens with zero attached hydrogens (tertiary/aromatic N) is 4. The minimum atomic E-state index is -0.449. The number of benzene rings is 1. The van der Waals surface area contributed by atoms with E-state index in [0.29, 0.717) is 29.7 Å². The molecule has 2 aromatic heterocycles. The van der Waals surface area contributed by atoms with Crippen molar-refractivity contribution in [2.45, 2.75) is 26.4 Å². The van der Waals surface area contributed by atoms with Gasteiger partial charge in [-0.3, -0.25) is 18.5 Å². The fourth-order valence-electron chi connectivity index (χ4n) is 2.86. The lowest BCUT2D eigenvalue weighted by Crippen LogP contribution is -2.40. The summed E-state index contributed by atoms with van der Waals surface area (Å²) in [6.07, 6.45) is 0.711. The van der Waals surface area contributed by atoms with Crippen molar-refractivity contribution in [3.05, 3.63) is 56.5 Å². The quantitative estimate of drug-likeness (QED) is 0.702. The van der Waals surface area contributed by atoms with Crippen molar-refractivity contribution in [1.82, 2.24) is 18.7 Å². The van der Waals surface area contributed by atoms with Gasteiger partial charge < -0.3 is 4.74 Å². The Bertz CT molecular complexity index is 1030. The zero-order chi connectivity index (χ0) is 18.1. The van der Waals surface area contributed by atoms with Gasteiger partial charge in [0.2, 0.25) is 0 Å². The van der Waals surface area contributed by atoms with E-state index in [9.17, 15) is 14.0 Å². The summed E-state index contributed by atoms with van der Waals surface area (Å²) >= 11 is 0. The molecule has 0 fully saturated rings. The highest BCUT2D eigenvalue weighted by Crippen LogP contribution is 2.16. The van der Waals surface area contributed by atoms with Crippen LogP contribution in [0.4, 0.5) is 4.39 Å². The molecule has 8 heteroatoms. The Kier molecular flexibility index (Phi) is 4.43. The molecule has 0 spiro atoms. The van der Waals surface area contributed by atoms with E-state index >= 15 is 0 Å². The van der Waals surface area contributed by atoms with E-state index in [0.717, 1.165) is 4.57 Å². The molecule has 7 nitrogen and oxygen atoms in total. The van der Waals surface area contributed by atoms with Crippen LogP contribution >= 0.6 is 0 Å². The highest BCUT2D eigenvalue weighted by atomic mass is 19.1. The third-order valence-corrected chi connectivity index (χ3v) is 4.08. The van der Waals surface area contributed by atoms with Crippen molar-refractivity contribution in [1.29, 1.82) is 0 Å². The maximum absolute atomic E-state index is 13.1. The number of aromatic nitrogens is 4. The van der Waals surface area contributed by atoms with Crippen LogP contribution in [-0.2, 0) is 20.1 Å². The van der Waals surface area contributed by atoms with Gasteiger partial charge in [-0.25, -0.2) is 9.18 Å². The molecule has 0 aliphatic carbocycles. The van der Waals surface area contributed by atoms with E-state index in [4.69, 9.17) is 4.74 Å². The van der Waals surface area contributed by atoms with Crippen LogP contribution < -0.4 is 16.0 Å². The average molecular weight is 346 g/mol. The highest BCUT2D eigenvalue weighted by Gasteiger charge is 2.20. The Morgan fingerprint density at radius 2 is 1.84 bits per heavy atom. The van der Waals surface area contributed by atoms with Crippen LogP contribution in [0.25, 0.3) is 11.2 Å². The van der Waals surface area contributed by atoms with Crippen LogP contribution in [-0.4, -0.2) is 25.8 Å². The molecule has 0 radical (unpaired) electrons. The van der Waals surface area contributed by atoms with E-state index in [2.05, 4.69) is 4.98 Å². The van der Waals surface area contributed by atoms with Gasteiger partial charge >= 0.3 is 5.69 Å². The minimum Gasteiger partial charge on any atom is -0.468 e. The first kappa shape index (κ1) is 16.9. The maximum Gasteiger partial charge on any atom is 0.333 e. The van der Waals surface area contributed by atoms with Gasteiger partial charge in [-0.2, -0.15) is 4.98 Å². The van der Waals surface area contributed by atoms with Crippen molar-refractivity contribution in [3.8, 4) is 6.01 Å². The van der Waals surface area contributed by atoms with Crippen molar-refractivity contribution in [3.63, 3.8) is 0 Å². The average Bonchev–Trinajstić information content (AvgIpc) is 2.94. The van der Waals surface area contributed by atoms with Gasteiger partial charge in [-0.15, -0.1) is 0 Å². The third-order valence-electron chi connectivity index (χ3n) is 4.08. The second-order valence-corrected chi connectivity index (χ2v) is 5.78. The summed E-state index contributed by atoms with van der Waals surface area (Å²) in [6, 6.07) is 5.97. The molecule has 0 atom stereocenters. The molecule has 0 bridgehead atoms. The molecule has 3 aromatic rings. The third kappa shape index (κ3) is 2.84. The van der Waals surface area contributed by atoms with Crippen molar-refractivity contribution >= 4 is 11.2 Å². The molecule has 0 amide bonds. The van der Waals surface area contributed by atoms with Crippen LogP contribution in [0.5, 0.6) is 6.01 Å². The van der Waals surface area contributed by atoms with Gasteiger partial charge in [0.15, 0.2) is 11.2 Å². The Hall–Kier alpha value is -2.90. The van der Waals surface area contributed by atoms with Crippen molar-refractivity contribution in [2.24, 2.45) is 7.05 Å². The summed E-state index contributed by atoms with van der Waals surface area (Å²) < 4.78 is 22.4. The minimum absolute atomic E-state index is 0.0606. The molecule has 0 N–H and O–H groups in total. The van der Waals surface area contributed by atoms with Crippen LogP contribution in [0.3, 0.4) is 0 Å². The molecule has 3 rings (SSSR count). The van der Waals surface area contributed by atoms with Gasteiger partial charge in [0.1, 0.15) is 5.82 Å². The normalized spacial score (nSPS) is 11.2. The molecule has 0 unspecified atom stereocenters. The largest absolute Gasteiger partial charge is 0.468 e. The summed E-state index contributed by atoms with van der Waals surface area (Å²) in [5.74, 6) is -0.369. The molecule has 0 aliphatic heterocycles. The Labute approximate surface area is 142 Å². The van der Waals surface area contributed by atoms with Gasteiger partial charge in [0.25, 0.3) is 11.6 Å². The van der Waals surface area contributed by atoms with Crippen LogP contribution in [0.1, 0.15) is 18.9 Å². The van der Waals surface area contributed by atoms with Gasteiger partial charge in [-0.1, -0.05) is 19.1 Å². The lowest BCUT2D eigenvalue weighted by atomic mass is 10.2. The molecular formula is C17H19FN4O3. The molecule has 1 aromatic carbocycles. The maximum atomic E-state index is 13.1. The summed E-state index contributed by atoms with van der Waals surface area (Å²) in [7, 11) is 3.12. The standard InChI is InChI=1S/C17H19FN4O3/c1-4-9-21-14-13(20(2)16(19-14)25-3)15(23)22(17(21)24)10-11-5-7-12(18)8-6-11/h5-8H,4,9-10H2,1-3H3. The second kappa shape index (κ2) is 6.54. The molecule has 2 heterocycles. The molecule has 0 saturated carbocycles. The first-order valence-corrected chi connectivity index (χ1v) is 7.96. The number of ether oxygens (including phenoxy) is 1. The Morgan fingerprint density at radius 3 is 2.44 bits per heavy atom. The zero-order valence-electron chi connectivity index (χ0n) is 14.3. The molecule has 0 aliphatic rings. The fraction of sp³-hybridized carbons (Fsp3) is 0.353. The van der Waals surface area contributed by atoms with E-state index in [1.165, 1.54) is 28.4 Å². The van der Waals surface area contributed by atoms with Crippen molar-refractivity contribution < 1.29 is 9.13 Å². The predicted molar refractivity (Wildman–Crippen MR) is 91.6 cm³/mol. The number of halogens is 1. The number of rotatable bonds is 5. The summed E-state index contributed by atoms with van der Waals surface area (Å²) in [6.45, 7) is 2.43. The number of hydrogen-bond donors (Lipinski definition) is 0. The molecule has 0 saturated heterocycles. The van der Waals surface area contributed by atoms with E-state index in [1.54, 1.807) is 19.2 Å². The van der Waals surface area contributed by atoms with Gasteiger partial charge in [0.05, 0.1) is 13.7 Å². The summed E-state index contributed by atoms with van der Waals surface area (Å²) in [5.41, 5.74) is 0.384. The molecule has 25 heavy (non-hydrogen) atoms. The van der Waals surface area contributed by atoms with Gasteiger partial charge in [-0.05, 0) is 24.1 Å². The number of methoxy groups -OCH3 is 1. The Morgan fingerprint density at radius 1 is 1.16 bits per heavy atom. The number of fused-ring (bicyclic) bond motifs is 1. The monoisotopic (exact) mass is 346 g/mol. The highest BCUT2D eigenvalue weighted by molar-refractivity contribution is 5.71. The van der Waals surface area contributed by atoms with Gasteiger partial charge in [0, 0.05) is 13.6 Å². The van der Waals surface area contributed by atoms with Crippen LogP contribution in [0, 0.1) is 5.82 Å². The van der Waals surface area contributed by atoms with E-state index < -0.39 is 11.2 Å². The molecular weight excluding hydrogens is 327 g/mol. The number of hydrogen-bond acceptors (Lipinski definition) is 4. The Balaban J connectivity index is 2.27. The van der Waals surface area contributed by atoms with E-state index in [1.807, 2.05) is 6.92 Å². The zero-order valence-corrected chi connectivity index (χ0v) is 14.3. The number of aryl methyl sites for hydroxylation is 2. The summed E-state index contributed by atoms with van der Waals surface area (Å²) in [4.78, 5) is 30.0. The number of imidazole rings is 1. The van der Waals surface area contributed by atoms with Crippen molar-refractivity contribution in [2.75, 3.05) is 7.11 Å². The van der Waals surface area contributed by atoms with E-state index in [-0.39, 0.29) is 18.4 Å². The lowest BCUT2D eigenvalue weighted by molar-refractivity contribution is 0.368. The predicted octanol–water partition coefficient (Wildman–Crippen LogP) is 1.50.